The molecule has 0 aliphatic carbocycles. The molecule has 0 saturated carbocycles. The van der Waals surface area contributed by atoms with Gasteiger partial charge in [-0.25, -0.2) is 14.2 Å². The summed E-state index contributed by atoms with van der Waals surface area (Å²) in [4.78, 5) is 14.9. The molecule has 0 aliphatic rings. The minimum absolute atomic E-state index is 0.0421. The van der Waals surface area contributed by atoms with Gasteiger partial charge in [0.15, 0.2) is 0 Å². The van der Waals surface area contributed by atoms with Crippen LogP contribution in [0.3, 0.4) is 0 Å². The molecule has 0 amide bonds. The Kier molecular flexibility index (Phi) is 5.00. The van der Waals surface area contributed by atoms with Gasteiger partial charge in [-0.2, -0.15) is 0 Å². The van der Waals surface area contributed by atoms with Gasteiger partial charge in [-0.1, -0.05) is 18.2 Å². The molecule has 1 atom stereocenters. The van der Waals surface area contributed by atoms with E-state index in [9.17, 15) is 9.18 Å². The van der Waals surface area contributed by atoms with Crippen molar-refractivity contribution in [3.05, 3.63) is 65.2 Å². The van der Waals surface area contributed by atoms with Gasteiger partial charge in [0.05, 0.1) is 5.69 Å². The van der Waals surface area contributed by atoms with Gasteiger partial charge in [-0.3, -0.25) is 0 Å². The molecule has 2 aromatic rings. The molecular weight excluding hydrogens is 271 g/mol. The number of aromatic carboxylic acids is 1. The molecule has 1 unspecified atom stereocenters. The van der Waals surface area contributed by atoms with Crippen LogP contribution in [0.25, 0.3) is 0 Å². The van der Waals surface area contributed by atoms with Crippen LogP contribution < -0.4 is 5.32 Å². The van der Waals surface area contributed by atoms with Crippen LogP contribution in [0.4, 0.5) is 4.39 Å². The van der Waals surface area contributed by atoms with Crippen LogP contribution in [0.2, 0.25) is 0 Å². The van der Waals surface area contributed by atoms with Crippen molar-refractivity contribution in [1.29, 1.82) is 0 Å². The summed E-state index contributed by atoms with van der Waals surface area (Å²) < 4.78 is 12.8. The maximum absolute atomic E-state index is 12.8. The molecule has 1 heterocycles. The summed E-state index contributed by atoms with van der Waals surface area (Å²) in [6.07, 6.45) is 0.763. The highest BCUT2D eigenvalue weighted by Gasteiger charge is 2.07. The number of carboxylic acid groups (broad SMARTS) is 1. The van der Waals surface area contributed by atoms with Gasteiger partial charge in [-0.15, -0.1) is 0 Å². The molecule has 5 heteroatoms. The van der Waals surface area contributed by atoms with Crippen LogP contribution >= 0.6 is 0 Å². The van der Waals surface area contributed by atoms with Crippen LogP contribution in [0.15, 0.2) is 42.5 Å². The second-order valence-electron chi connectivity index (χ2n) is 4.93. The number of aromatic nitrogens is 1. The number of halogens is 1. The fourth-order valence-corrected chi connectivity index (χ4v) is 2.02. The lowest BCUT2D eigenvalue weighted by Gasteiger charge is -2.13. The van der Waals surface area contributed by atoms with Crippen molar-refractivity contribution in [1.82, 2.24) is 10.3 Å². The van der Waals surface area contributed by atoms with Crippen LogP contribution in [0.1, 0.15) is 28.7 Å². The number of hydrogen-bond donors (Lipinski definition) is 2. The SMILES string of the molecule is CC(Cc1ccc(F)cc1)NCc1cccc(C(=O)O)n1. The second kappa shape index (κ2) is 6.95. The zero-order chi connectivity index (χ0) is 15.2. The van der Waals surface area contributed by atoms with E-state index >= 15 is 0 Å². The summed E-state index contributed by atoms with van der Waals surface area (Å²) in [5.41, 5.74) is 1.77. The standard InChI is InChI=1S/C16H17FN2O2/c1-11(9-12-5-7-13(17)8-6-12)18-10-14-3-2-4-15(19-14)16(20)21/h2-8,11,18H,9-10H2,1H3,(H,20,21). The normalized spacial score (nSPS) is 12.1. The Morgan fingerprint density at radius 3 is 2.67 bits per heavy atom. The first-order valence-electron chi connectivity index (χ1n) is 6.71. The molecule has 2 N–H and O–H groups in total. The summed E-state index contributed by atoms with van der Waals surface area (Å²) >= 11 is 0. The van der Waals surface area contributed by atoms with Crippen molar-refractivity contribution in [3.8, 4) is 0 Å². The van der Waals surface area contributed by atoms with Crippen LogP contribution in [0, 0.1) is 5.82 Å². The number of benzene rings is 1. The predicted molar refractivity (Wildman–Crippen MR) is 77.6 cm³/mol. The molecule has 110 valence electrons. The maximum Gasteiger partial charge on any atom is 0.354 e. The second-order valence-corrected chi connectivity index (χ2v) is 4.93. The molecule has 0 radical (unpaired) electrons. The van der Waals surface area contributed by atoms with E-state index in [1.807, 2.05) is 6.92 Å². The predicted octanol–water partition coefficient (Wildman–Crippen LogP) is 2.64. The van der Waals surface area contributed by atoms with Gasteiger partial charge < -0.3 is 10.4 Å². The number of carboxylic acids is 1. The summed E-state index contributed by atoms with van der Waals surface area (Å²) in [6, 6.07) is 11.5. The minimum Gasteiger partial charge on any atom is -0.477 e. The van der Waals surface area contributed by atoms with E-state index in [1.54, 1.807) is 24.3 Å². The maximum atomic E-state index is 12.8. The van der Waals surface area contributed by atoms with Crippen molar-refractivity contribution in [2.24, 2.45) is 0 Å². The quantitative estimate of drug-likeness (QED) is 0.858. The summed E-state index contributed by atoms with van der Waals surface area (Å²) in [5.74, 6) is -1.27. The first-order valence-corrected chi connectivity index (χ1v) is 6.71. The van der Waals surface area contributed by atoms with Gasteiger partial charge in [0.2, 0.25) is 0 Å². The van der Waals surface area contributed by atoms with E-state index in [0.29, 0.717) is 12.2 Å². The first-order chi connectivity index (χ1) is 10.0. The summed E-state index contributed by atoms with van der Waals surface area (Å²) in [6.45, 7) is 2.51. The van der Waals surface area contributed by atoms with E-state index in [1.165, 1.54) is 18.2 Å². The van der Waals surface area contributed by atoms with E-state index in [4.69, 9.17) is 5.11 Å². The Morgan fingerprint density at radius 1 is 1.29 bits per heavy atom. The lowest BCUT2D eigenvalue weighted by atomic mass is 10.1. The number of carbonyl (C=O) groups is 1. The third-order valence-electron chi connectivity index (χ3n) is 3.11. The van der Waals surface area contributed by atoms with E-state index < -0.39 is 5.97 Å². The third kappa shape index (κ3) is 4.65. The fraction of sp³-hybridized carbons (Fsp3) is 0.250. The van der Waals surface area contributed by atoms with Gasteiger partial charge in [0.25, 0.3) is 0 Å². The van der Waals surface area contributed by atoms with Crippen LogP contribution in [-0.2, 0) is 13.0 Å². The lowest BCUT2D eigenvalue weighted by Crippen LogP contribution is -2.28. The molecule has 0 fully saturated rings. The average molecular weight is 288 g/mol. The smallest absolute Gasteiger partial charge is 0.354 e. The lowest BCUT2D eigenvalue weighted by molar-refractivity contribution is 0.0690. The highest BCUT2D eigenvalue weighted by molar-refractivity contribution is 5.85. The van der Waals surface area contributed by atoms with Crippen molar-refractivity contribution >= 4 is 5.97 Å². The average Bonchev–Trinajstić information content (AvgIpc) is 2.48. The Labute approximate surface area is 122 Å². The largest absolute Gasteiger partial charge is 0.477 e. The molecule has 2 rings (SSSR count). The van der Waals surface area contributed by atoms with Crippen molar-refractivity contribution in [2.75, 3.05) is 0 Å². The molecule has 0 aliphatic heterocycles. The van der Waals surface area contributed by atoms with Crippen molar-refractivity contribution < 1.29 is 14.3 Å². The number of hydrogen-bond acceptors (Lipinski definition) is 3. The van der Waals surface area contributed by atoms with E-state index in [0.717, 1.165) is 12.0 Å². The third-order valence-corrected chi connectivity index (χ3v) is 3.11. The first kappa shape index (κ1) is 15.1. The van der Waals surface area contributed by atoms with Gasteiger partial charge in [-0.05, 0) is 43.2 Å². The highest BCUT2D eigenvalue weighted by atomic mass is 19.1. The number of pyridine rings is 1. The molecular formula is C16H17FN2O2. The Hall–Kier alpha value is -2.27. The number of nitrogens with one attached hydrogen (secondary N) is 1. The molecule has 21 heavy (non-hydrogen) atoms. The topological polar surface area (TPSA) is 62.2 Å². The van der Waals surface area contributed by atoms with Gasteiger partial charge in [0, 0.05) is 12.6 Å². The van der Waals surface area contributed by atoms with Crippen LogP contribution in [-0.4, -0.2) is 22.1 Å². The molecule has 4 nitrogen and oxygen atoms in total. The molecule has 1 aromatic heterocycles. The van der Waals surface area contributed by atoms with Crippen molar-refractivity contribution in [3.63, 3.8) is 0 Å². The Bertz CT molecular complexity index is 614. The molecule has 1 aromatic carbocycles. The van der Waals surface area contributed by atoms with Crippen molar-refractivity contribution in [2.45, 2.75) is 25.9 Å². The highest BCUT2D eigenvalue weighted by Crippen LogP contribution is 2.06. The minimum atomic E-state index is -1.03. The molecule has 0 saturated heterocycles. The molecule has 0 bridgehead atoms. The number of nitrogens with zero attached hydrogens (tertiary/aromatic N) is 1. The Balaban J connectivity index is 1.89. The van der Waals surface area contributed by atoms with E-state index in [-0.39, 0.29) is 17.6 Å². The summed E-state index contributed by atoms with van der Waals surface area (Å²) in [5, 5.41) is 12.2. The number of rotatable bonds is 6. The van der Waals surface area contributed by atoms with Gasteiger partial charge >= 0.3 is 5.97 Å². The van der Waals surface area contributed by atoms with Crippen LogP contribution in [0.5, 0.6) is 0 Å². The zero-order valence-corrected chi connectivity index (χ0v) is 11.7. The summed E-state index contributed by atoms with van der Waals surface area (Å²) in [7, 11) is 0. The zero-order valence-electron chi connectivity index (χ0n) is 11.7. The fourth-order valence-electron chi connectivity index (χ4n) is 2.02. The molecule has 0 spiro atoms. The monoisotopic (exact) mass is 288 g/mol. The van der Waals surface area contributed by atoms with E-state index in [2.05, 4.69) is 10.3 Å². The Morgan fingerprint density at radius 2 is 2.00 bits per heavy atom. The van der Waals surface area contributed by atoms with Gasteiger partial charge in [0.1, 0.15) is 11.5 Å².